The van der Waals surface area contributed by atoms with Crippen molar-refractivity contribution in [2.45, 2.75) is 39.7 Å². The molecule has 0 saturated heterocycles. The summed E-state index contributed by atoms with van der Waals surface area (Å²) < 4.78 is 19.7. The summed E-state index contributed by atoms with van der Waals surface area (Å²) in [5.74, 6) is -0.0704. The first-order chi connectivity index (χ1) is 8.65. The molecule has 18 heavy (non-hydrogen) atoms. The van der Waals surface area contributed by atoms with E-state index in [-0.39, 0.29) is 11.9 Å². The fraction of sp³-hybridized carbons (Fsp3) is 0.600. The fourth-order valence-corrected chi connectivity index (χ4v) is 2.70. The second-order valence-corrected chi connectivity index (χ2v) is 5.04. The largest absolute Gasteiger partial charge is 0.379 e. The van der Waals surface area contributed by atoms with Crippen molar-refractivity contribution in [1.29, 1.82) is 0 Å². The molecule has 3 heteroatoms. The van der Waals surface area contributed by atoms with Gasteiger partial charge in [-0.3, -0.25) is 0 Å². The van der Waals surface area contributed by atoms with E-state index < -0.39 is 0 Å². The predicted octanol–water partition coefficient (Wildman–Crippen LogP) is 3.06. The molecule has 0 spiro atoms. The van der Waals surface area contributed by atoms with Crippen LogP contribution in [0, 0.1) is 19.7 Å². The first-order valence-electron chi connectivity index (χ1n) is 6.74. The smallest absolute Gasteiger partial charge is 0.129 e. The molecule has 0 bridgehead atoms. The SMILES string of the molecule is CCCNC1COCCc2cc(C)c(F)c(C)c21. The number of fused-ring (bicyclic) bond motifs is 1. The second-order valence-electron chi connectivity index (χ2n) is 5.04. The van der Waals surface area contributed by atoms with Gasteiger partial charge in [0.25, 0.3) is 0 Å². The van der Waals surface area contributed by atoms with Crippen LogP contribution in [-0.4, -0.2) is 19.8 Å². The summed E-state index contributed by atoms with van der Waals surface area (Å²) in [7, 11) is 0. The van der Waals surface area contributed by atoms with E-state index in [4.69, 9.17) is 4.74 Å². The van der Waals surface area contributed by atoms with Crippen LogP contribution in [0.25, 0.3) is 0 Å². The molecular formula is C15H22FNO. The molecule has 1 aromatic rings. The minimum atomic E-state index is -0.0704. The summed E-state index contributed by atoms with van der Waals surface area (Å²) >= 11 is 0. The van der Waals surface area contributed by atoms with Crippen LogP contribution in [0.3, 0.4) is 0 Å². The maximum Gasteiger partial charge on any atom is 0.129 e. The van der Waals surface area contributed by atoms with Gasteiger partial charge in [0.15, 0.2) is 0 Å². The Morgan fingerprint density at radius 3 is 2.94 bits per heavy atom. The number of hydrogen-bond acceptors (Lipinski definition) is 2. The highest BCUT2D eigenvalue weighted by molar-refractivity contribution is 5.42. The number of ether oxygens (including phenoxy) is 1. The summed E-state index contributed by atoms with van der Waals surface area (Å²) in [4.78, 5) is 0. The summed E-state index contributed by atoms with van der Waals surface area (Å²) in [5.41, 5.74) is 3.87. The molecule has 1 aliphatic heterocycles. The Hall–Kier alpha value is -0.930. The Morgan fingerprint density at radius 2 is 2.22 bits per heavy atom. The number of halogens is 1. The highest BCUT2D eigenvalue weighted by atomic mass is 19.1. The molecule has 1 aromatic carbocycles. The molecule has 100 valence electrons. The van der Waals surface area contributed by atoms with E-state index in [0.717, 1.165) is 42.7 Å². The molecule has 1 heterocycles. The average Bonchev–Trinajstić information content (AvgIpc) is 2.56. The highest BCUT2D eigenvalue weighted by Gasteiger charge is 2.23. The van der Waals surface area contributed by atoms with Gasteiger partial charge in [0.05, 0.1) is 19.3 Å². The quantitative estimate of drug-likeness (QED) is 0.891. The summed E-state index contributed by atoms with van der Waals surface area (Å²) in [5, 5.41) is 3.46. The van der Waals surface area contributed by atoms with Crippen LogP contribution < -0.4 is 5.32 Å². The zero-order valence-corrected chi connectivity index (χ0v) is 11.5. The molecule has 0 aromatic heterocycles. The molecular weight excluding hydrogens is 229 g/mol. The van der Waals surface area contributed by atoms with Crippen molar-refractivity contribution in [3.8, 4) is 0 Å². The zero-order chi connectivity index (χ0) is 13.1. The van der Waals surface area contributed by atoms with Gasteiger partial charge in [-0.15, -0.1) is 0 Å². The Bertz CT molecular complexity index is 431. The Labute approximate surface area is 109 Å². The van der Waals surface area contributed by atoms with Crippen molar-refractivity contribution in [2.24, 2.45) is 0 Å². The second kappa shape index (κ2) is 5.81. The third-order valence-corrected chi connectivity index (χ3v) is 3.61. The molecule has 1 N–H and O–H groups in total. The van der Waals surface area contributed by atoms with Gasteiger partial charge in [0, 0.05) is 0 Å². The molecule has 1 aliphatic rings. The van der Waals surface area contributed by atoms with Crippen LogP contribution in [0.4, 0.5) is 4.39 Å². The van der Waals surface area contributed by atoms with E-state index in [1.54, 1.807) is 0 Å². The van der Waals surface area contributed by atoms with Gasteiger partial charge in [0.2, 0.25) is 0 Å². The Kier molecular flexibility index (Phi) is 4.36. The van der Waals surface area contributed by atoms with Gasteiger partial charge in [-0.25, -0.2) is 4.39 Å². The number of nitrogens with one attached hydrogen (secondary N) is 1. The van der Waals surface area contributed by atoms with Gasteiger partial charge in [-0.05, 0) is 55.5 Å². The molecule has 0 amide bonds. The number of aryl methyl sites for hydroxylation is 1. The molecule has 2 nitrogen and oxygen atoms in total. The highest BCUT2D eigenvalue weighted by Crippen LogP contribution is 2.29. The lowest BCUT2D eigenvalue weighted by Gasteiger charge is -2.22. The van der Waals surface area contributed by atoms with E-state index in [2.05, 4.69) is 12.2 Å². The van der Waals surface area contributed by atoms with Gasteiger partial charge in [-0.2, -0.15) is 0 Å². The van der Waals surface area contributed by atoms with Crippen LogP contribution in [0.2, 0.25) is 0 Å². The van der Waals surface area contributed by atoms with Crippen LogP contribution in [0.5, 0.6) is 0 Å². The summed E-state index contributed by atoms with van der Waals surface area (Å²) in [6.45, 7) is 8.14. The molecule has 0 saturated carbocycles. The van der Waals surface area contributed by atoms with Gasteiger partial charge < -0.3 is 10.1 Å². The van der Waals surface area contributed by atoms with Gasteiger partial charge in [0.1, 0.15) is 5.82 Å². The predicted molar refractivity (Wildman–Crippen MR) is 71.4 cm³/mol. The standard InChI is InChI=1S/C15H22FNO/c1-4-6-17-13-9-18-7-5-12-8-10(2)15(16)11(3)14(12)13/h8,13,17H,4-7,9H2,1-3H3. The monoisotopic (exact) mass is 251 g/mol. The van der Waals surface area contributed by atoms with Gasteiger partial charge >= 0.3 is 0 Å². The van der Waals surface area contributed by atoms with Crippen molar-refractivity contribution in [3.63, 3.8) is 0 Å². The zero-order valence-electron chi connectivity index (χ0n) is 11.5. The van der Waals surface area contributed by atoms with E-state index >= 15 is 0 Å². The topological polar surface area (TPSA) is 21.3 Å². The first kappa shape index (κ1) is 13.5. The Balaban J connectivity index is 2.42. The van der Waals surface area contributed by atoms with Crippen molar-refractivity contribution in [1.82, 2.24) is 5.32 Å². The molecule has 0 aliphatic carbocycles. The van der Waals surface area contributed by atoms with E-state index in [9.17, 15) is 4.39 Å². The number of benzene rings is 1. The molecule has 0 fully saturated rings. The molecule has 0 radical (unpaired) electrons. The minimum absolute atomic E-state index is 0.0704. The molecule has 2 rings (SSSR count). The third kappa shape index (κ3) is 2.57. The lowest BCUT2D eigenvalue weighted by atomic mass is 9.92. The van der Waals surface area contributed by atoms with Crippen molar-refractivity contribution >= 4 is 0 Å². The van der Waals surface area contributed by atoms with Crippen molar-refractivity contribution in [2.75, 3.05) is 19.8 Å². The van der Waals surface area contributed by atoms with E-state index in [0.29, 0.717) is 6.61 Å². The minimum Gasteiger partial charge on any atom is -0.379 e. The molecule has 1 unspecified atom stereocenters. The summed E-state index contributed by atoms with van der Waals surface area (Å²) in [6.07, 6.45) is 1.95. The lowest BCUT2D eigenvalue weighted by Crippen LogP contribution is -2.27. The van der Waals surface area contributed by atoms with E-state index in [1.807, 2.05) is 19.9 Å². The maximum atomic E-state index is 14.1. The Morgan fingerprint density at radius 1 is 1.44 bits per heavy atom. The average molecular weight is 251 g/mol. The molecule has 1 atom stereocenters. The number of rotatable bonds is 3. The van der Waals surface area contributed by atoms with Crippen molar-refractivity contribution in [3.05, 3.63) is 34.1 Å². The van der Waals surface area contributed by atoms with Crippen LogP contribution in [0.1, 0.15) is 41.6 Å². The van der Waals surface area contributed by atoms with Crippen molar-refractivity contribution < 1.29 is 9.13 Å². The van der Waals surface area contributed by atoms with Gasteiger partial charge in [-0.1, -0.05) is 13.0 Å². The van der Waals surface area contributed by atoms with Crippen LogP contribution >= 0.6 is 0 Å². The third-order valence-electron chi connectivity index (χ3n) is 3.61. The first-order valence-corrected chi connectivity index (χ1v) is 6.74. The van der Waals surface area contributed by atoms with Crippen LogP contribution in [-0.2, 0) is 11.2 Å². The summed E-state index contributed by atoms with van der Waals surface area (Å²) in [6, 6.07) is 2.10. The van der Waals surface area contributed by atoms with Crippen LogP contribution in [0.15, 0.2) is 6.07 Å². The fourth-order valence-electron chi connectivity index (χ4n) is 2.70. The lowest BCUT2D eigenvalue weighted by molar-refractivity contribution is 0.121. The normalized spacial score (nSPS) is 19.4. The van der Waals surface area contributed by atoms with E-state index in [1.165, 1.54) is 5.56 Å². The maximum absolute atomic E-state index is 14.1. The number of hydrogen-bond donors (Lipinski definition) is 1.